The molecule has 0 spiro atoms. The number of rotatable bonds is 3. The second-order valence-corrected chi connectivity index (χ2v) is 10.9. The molecule has 0 bridgehead atoms. The largest absolute Gasteiger partial charge is 0.456 e. The van der Waals surface area contributed by atoms with Crippen molar-refractivity contribution in [3.63, 3.8) is 0 Å². The summed E-state index contributed by atoms with van der Waals surface area (Å²) in [5, 5.41) is 2.25. The Balaban J connectivity index is 1.23. The van der Waals surface area contributed by atoms with E-state index in [2.05, 4.69) is 118 Å². The van der Waals surface area contributed by atoms with E-state index in [4.69, 9.17) is 9.15 Å². The van der Waals surface area contributed by atoms with Gasteiger partial charge in [0.25, 0.3) is 0 Å². The Morgan fingerprint density at radius 3 is 2.02 bits per heavy atom. The number of benzene rings is 6. The molecular formula is C36H22BrNO2. The number of ether oxygens (including phenoxy) is 1. The fourth-order valence-electron chi connectivity index (χ4n) is 5.62. The van der Waals surface area contributed by atoms with Crippen LogP contribution in [0.2, 0.25) is 0 Å². The lowest BCUT2D eigenvalue weighted by atomic mass is 9.97. The zero-order chi connectivity index (χ0) is 26.6. The molecule has 0 N–H and O–H groups in total. The van der Waals surface area contributed by atoms with Gasteiger partial charge in [-0.3, -0.25) is 0 Å². The number of anilines is 3. The highest BCUT2D eigenvalue weighted by Gasteiger charge is 2.26. The predicted octanol–water partition coefficient (Wildman–Crippen LogP) is 11.3. The number of fused-ring (bicyclic) bond motifs is 5. The van der Waals surface area contributed by atoms with Crippen LogP contribution in [0.1, 0.15) is 0 Å². The van der Waals surface area contributed by atoms with Gasteiger partial charge in [-0.2, -0.15) is 0 Å². The molecule has 7 aromatic rings. The Morgan fingerprint density at radius 2 is 1.15 bits per heavy atom. The number of hydrogen-bond acceptors (Lipinski definition) is 3. The zero-order valence-corrected chi connectivity index (χ0v) is 22.9. The fourth-order valence-corrected chi connectivity index (χ4v) is 6.11. The lowest BCUT2D eigenvalue weighted by Gasteiger charge is -2.33. The van der Waals surface area contributed by atoms with Crippen LogP contribution in [0.15, 0.2) is 142 Å². The Labute approximate surface area is 240 Å². The summed E-state index contributed by atoms with van der Waals surface area (Å²) in [5.74, 6) is 1.67. The molecule has 4 heteroatoms. The van der Waals surface area contributed by atoms with E-state index in [1.165, 1.54) is 0 Å². The van der Waals surface area contributed by atoms with Gasteiger partial charge in [0, 0.05) is 20.9 Å². The number of para-hydroxylation sites is 4. The van der Waals surface area contributed by atoms with Gasteiger partial charge in [0.2, 0.25) is 0 Å². The number of halogens is 1. The first kappa shape index (κ1) is 23.1. The molecule has 0 unspecified atom stereocenters. The SMILES string of the molecule is Brc1cc(-c2ccc3c(c2)Oc2ccccc2N3c2ccccc2)cc(-c2ccc3oc4ccccc4c3c2)c1. The molecular weight excluding hydrogens is 558 g/mol. The number of nitrogens with zero attached hydrogens (tertiary/aromatic N) is 1. The van der Waals surface area contributed by atoms with Crippen molar-refractivity contribution in [3.05, 3.63) is 138 Å². The average Bonchev–Trinajstić information content (AvgIpc) is 3.38. The van der Waals surface area contributed by atoms with Crippen LogP contribution in [-0.4, -0.2) is 0 Å². The van der Waals surface area contributed by atoms with E-state index in [-0.39, 0.29) is 0 Å². The van der Waals surface area contributed by atoms with Crippen molar-refractivity contribution < 1.29 is 9.15 Å². The second-order valence-electron chi connectivity index (χ2n) is 9.96. The Kier molecular flexibility index (Phi) is 5.29. The third-order valence-electron chi connectivity index (χ3n) is 7.48. The molecule has 0 saturated carbocycles. The van der Waals surface area contributed by atoms with Gasteiger partial charge in [-0.15, -0.1) is 0 Å². The molecule has 2 heterocycles. The average molecular weight is 580 g/mol. The van der Waals surface area contributed by atoms with E-state index < -0.39 is 0 Å². The monoisotopic (exact) mass is 579 g/mol. The minimum Gasteiger partial charge on any atom is -0.456 e. The smallest absolute Gasteiger partial charge is 0.152 e. The minimum atomic E-state index is 0.827. The van der Waals surface area contributed by atoms with Crippen LogP contribution < -0.4 is 9.64 Å². The zero-order valence-electron chi connectivity index (χ0n) is 21.3. The van der Waals surface area contributed by atoms with Gasteiger partial charge in [0.1, 0.15) is 11.2 Å². The molecule has 3 nitrogen and oxygen atoms in total. The Morgan fingerprint density at radius 1 is 0.475 bits per heavy atom. The summed E-state index contributed by atoms with van der Waals surface area (Å²) in [4.78, 5) is 2.26. The molecule has 0 radical (unpaired) electrons. The van der Waals surface area contributed by atoms with Crippen molar-refractivity contribution in [3.8, 4) is 33.8 Å². The lowest BCUT2D eigenvalue weighted by Crippen LogP contribution is -2.15. The molecule has 0 fully saturated rings. The summed E-state index contributed by atoms with van der Waals surface area (Å²) in [6.07, 6.45) is 0. The van der Waals surface area contributed by atoms with Crippen molar-refractivity contribution in [2.45, 2.75) is 0 Å². The highest BCUT2D eigenvalue weighted by molar-refractivity contribution is 9.10. The summed E-state index contributed by atoms with van der Waals surface area (Å²) in [7, 11) is 0. The molecule has 8 rings (SSSR count). The molecule has 0 amide bonds. The normalized spacial score (nSPS) is 12.3. The van der Waals surface area contributed by atoms with Gasteiger partial charge in [-0.05, 0) is 95.1 Å². The highest BCUT2D eigenvalue weighted by Crippen LogP contribution is 2.51. The van der Waals surface area contributed by atoms with Crippen LogP contribution >= 0.6 is 15.9 Å². The van der Waals surface area contributed by atoms with Gasteiger partial charge in [0.05, 0.1) is 11.4 Å². The first-order valence-electron chi connectivity index (χ1n) is 13.2. The number of hydrogen-bond donors (Lipinski definition) is 0. The van der Waals surface area contributed by atoms with E-state index in [1.807, 2.05) is 36.4 Å². The molecule has 0 saturated heterocycles. The third-order valence-corrected chi connectivity index (χ3v) is 7.94. The lowest BCUT2D eigenvalue weighted by molar-refractivity contribution is 0.477. The molecule has 1 aliphatic heterocycles. The molecule has 0 atom stereocenters. The van der Waals surface area contributed by atoms with Crippen LogP contribution in [0.25, 0.3) is 44.2 Å². The van der Waals surface area contributed by atoms with E-state index >= 15 is 0 Å². The van der Waals surface area contributed by atoms with E-state index in [1.54, 1.807) is 0 Å². The van der Waals surface area contributed by atoms with Crippen molar-refractivity contribution in [1.29, 1.82) is 0 Å². The van der Waals surface area contributed by atoms with Crippen LogP contribution in [0.5, 0.6) is 11.5 Å². The Bertz CT molecular complexity index is 2060. The summed E-state index contributed by atoms with van der Waals surface area (Å²) >= 11 is 3.77. The summed E-state index contributed by atoms with van der Waals surface area (Å²) in [5.41, 5.74) is 9.41. The fraction of sp³-hybridized carbons (Fsp3) is 0. The van der Waals surface area contributed by atoms with E-state index in [9.17, 15) is 0 Å². The molecule has 6 aromatic carbocycles. The van der Waals surface area contributed by atoms with Crippen LogP contribution in [0.4, 0.5) is 17.1 Å². The van der Waals surface area contributed by atoms with E-state index in [0.717, 1.165) is 77.2 Å². The topological polar surface area (TPSA) is 25.6 Å². The maximum Gasteiger partial charge on any atom is 0.152 e. The van der Waals surface area contributed by atoms with Crippen molar-refractivity contribution in [1.82, 2.24) is 0 Å². The van der Waals surface area contributed by atoms with Gasteiger partial charge in [-0.25, -0.2) is 0 Å². The third kappa shape index (κ3) is 3.80. The predicted molar refractivity (Wildman–Crippen MR) is 167 cm³/mol. The molecule has 1 aliphatic rings. The van der Waals surface area contributed by atoms with Gasteiger partial charge in [-0.1, -0.05) is 76.6 Å². The summed E-state index contributed by atoms with van der Waals surface area (Å²) < 4.78 is 13.5. The van der Waals surface area contributed by atoms with Crippen LogP contribution in [0, 0.1) is 0 Å². The quantitative estimate of drug-likeness (QED) is 0.208. The standard InChI is InChI=1S/C36H22BrNO2/c37-27-19-25(23-15-17-34-30(21-23)29-10-4-6-12-33(29)39-34)18-26(20-27)24-14-16-32-36(22-24)40-35-13-7-5-11-31(35)38(32)28-8-2-1-3-9-28/h1-22H. The number of furan rings is 1. The second kappa shape index (κ2) is 9.15. The highest BCUT2D eigenvalue weighted by atomic mass is 79.9. The van der Waals surface area contributed by atoms with Crippen LogP contribution in [-0.2, 0) is 0 Å². The molecule has 0 aliphatic carbocycles. The van der Waals surface area contributed by atoms with Gasteiger partial charge < -0.3 is 14.1 Å². The van der Waals surface area contributed by atoms with Crippen molar-refractivity contribution in [2.75, 3.05) is 4.90 Å². The van der Waals surface area contributed by atoms with E-state index in [0.29, 0.717) is 0 Å². The minimum absolute atomic E-state index is 0.827. The van der Waals surface area contributed by atoms with Gasteiger partial charge in [0.15, 0.2) is 11.5 Å². The maximum absolute atomic E-state index is 6.45. The summed E-state index contributed by atoms with van der Waals surface area (Å²) in [6.45, 7) is 0. The molecule has 1 aromatic heterocycles. The molecule has 190 valence electrons. The van der Waals surface area contributed by atoms with Crippen LogP contribution in [0.3, 0.4) is 0 Å². The first-order valence-corrected chi connectivity index (χ1v) is 14.0. The molecule has 40 heavy (non-hydrogen) atoms. The Hall–Kier alpha value is -4.80. The summed E-state index contributed by atoms with van der Waals surface area (Å²) in [6, 6.07) is 46.2. The maximum atomic E-state index is 6.45. The first-order chi connectivity index (χ1) is 19.7. The van der Waals surface area contributed by atoms with Crippen molar-refractivity contribution >= 4 is 54.9 Å². The van der Waals surface area contributed by atoms with Gasteiger partial charge >= 0.3 is 0 Å². The van der Waals surface area contributed by atoms with Crippen molar-refractivity contribution in [2.24, 2.45) is 0 Å².